The number of hydrogen-bond acceptors (Lipinski definition) is 6. The number of ketones is 1. The molecule has 2 aromatic rings. The van der Waals surface area contributed by atoms with Gasteiger partial charge in [0.05, 0.1) is 11.8 Å². The van der Waals surface area contributed by atoms with Crippen molar-refractivity contribution in [2.45, 2.75) is 46.0 Å². The van der Waals surface area contributed by atoms with Crippen LogP contribution in [-0.4, -0.2) is 28.3 Å². The van der Waals surface area contributed by atoms with Gasteiger partial charge in [-0.2, -0.15) is 0 Å². The molecule has 2 heterocycles. The molecule has 1 atom stereocenters. The van der Waals surface area contributed by atoms with Crippen LogP contribution >= 0.6 is 11.3 Å². The molecule has 0 saturated heterocycles. The molecule has 0 spiro atoms. The van der Waals surface area contributed by atoms with Gasteiger partial charge in [0.1, 0.15) is 17.3 Å². The smallest absolute Gasteiger partial charge is 0.306 e. The number of carbonyl (C=O) groups excluding carboxylic acids is 2. The number of ether oxygens (including phenoxy) is 1. The van der Waals surface area contributed by atoms with E-state index in [1.54, 1.807) is 11.3 Å². The van der Waals surface area contributed by atoms with E-state index in [0.29, 0.717) is 23.5 Å². The number of esters is 1. The van der Waals surface area contributed by atoms with Crippen LogP contribution in [0.5, 0.6) is 0 Å². The second kappa shape index (κ2) is 6.84. The number of Topliss-reactive ketones (excluding diaryl/α,β-unsaturated/α-hetero) is 1. The lowest BCUT2D eigenvalue weighted by Gasteiger charge is -2.17. The Morgan fingerprint density at radius 1 is 1.42 bits per heavy atom. The Kier molecular flexibility index (Phi) is 4.80. The van der Waals surface area contributed by atoms with Gasteiger partial charge in [-0.25, -0.2) is 4.98 Å². The molecule has 0 saturated carbocycles. The maximum Gasteiger partial charge on any atom is 0.306 e. The first kappa shape index (κ1) is 16.8. The molecule has 1 N–H and O–H groups in total. The van der Waals surface area contributed by atoms with Crippen molar-refractivity contribution in [3.8, 4) is 0 Å². The molecule has 3 rings (SSSR count). The van der Waals surface area contributed by atoms with Gasteiger partial charge >= 0.3 is 5.97 Å². The van der Waals surface area contributed by atoms with Crippen molar-refractivity contribution in [3.05, 3.63) is 26.6 Å². The first-order valence-electron chi connectivity index (χ1n) is 8.12. The molecule has 0 bridgehead atoms. The maximum absolute atomic E-state index is 12.4. The van der Waals surface area contributed by atoms with Crippen molar-refractivity contribution in [2.24, 2.45) is 5.92 Å². The number of rotatable bonds is 5. The zero-order valence-electron chi connectivity index (χ0n) is 13.8. The summed E-state index contributed by atoms with van der Waals surface area (Å²) in [6, 6.07) is 0. The number of fused-ring (bicyclic) bond motifs is 3. The van der Waals surface area contributed by atoms with E-state index in [9.17, 15) is 14.4 Å². The number of aromatic amines is 1. The Bertz CT molecular complexity index is 852. The van der Waals surface area contributed by atoms with Gasteiger partial charge in [0.2, 0.25) is 0 Å². The SMILES string of the molecule is CC(=O)COC(=O)CCc1nc2sc3c(c2c(=O)[nH]1)CCC(C)C3. The van der Waals surface area contributed by atoms with Gasteiger partial charge in [-0.15, -0.1) is 11.3 Å². The van der Waals surface area contributed by atoms with Gasteiger partial charge in [-0.05, 0) is 37.7 Å². The van der Waals surface area contributed by atoms with Gasteiger partial charge in [-0.1, -0.05) is 6.92 Å². The summed E-state index contributed by atoms with van der Waals surface area (Å²) >= 11 is 1.59. The molecule has 7 heteroatoms. The number of H-pyrrole nitrogens is 1. The van der Waals surface area contributed by atoms with Crippen molar-refractivity contribution in [2.75, 3.05) is 6.61 Å². The largest absolute Gasteiger partial charge is 0.458 e. The molecular formula is C17H20N2O4S. The highest BCUT2D eigenvalue weighted by Gasteiger charge is 2.23. The van der Waals surface area contributed by atoms with E-state index in [1.807, 2.05) is 0 Å². The molecular weight excluding hydrogens is 328 g/mol. The van der Waals surface area contributed by atoms with Crippen molar-refractivity contribution >= 4 is 33.3 Å². The normalized spacial score (nSPS) is 16.8. The van der Waals surface area contributed by atoms with Gasteiger partial charge in [-0.3, -0.25) is 14.4 Å². The third-order valence-corrected chi connectivity index (χ3v) is 5.37. The summed E-state index contributed by atoms with van der Waals surface area (Å²) < 4.78 is 4.82. The van der Waals surface area contributed by atoms with Crippen molar-refractivity contribution in [1.29, 1.82) is 0 Å². The lowest BCUT2D eigenvalue weighted by Crippen LogP contribution is -2.16. The van der Waals surface area contributed by atoms with E-state index < -0.39 is 5.97 Å². The minimum Gasteiger partial charge on any atom is -0.458 e. The Labute approximate surface area is 143 Å². The average Bonchev–Trinajstić information content (AvgIpc) is 2.88. The Hall–Kier alpha value is -2.02. The Balaban J connectivity index is 1.78. The summed E-state index contributed by atoms with van der Waals surface area (Å²) in [4.78, 5) is 44.1. The van der Waals surface area contributed by atoms with Crippen LogP contribution in [0.1, 0.15) is 43.0 Å². The summed E-state index contributed by atoms with van der Waals surface area (Å²) in [5.41, 5.74) is 1.02. The highest BCUT2D eigenvalue weighted by molar-refractivity contribution is 7.18. The third-order valence-electron chi connectivity index (χ3n) is 4.22. The van der Waals surface area contributed by atoms with Gasteiger partial charge in [0.25, 0.3) is 5.56 Å². The number of nitrogens with zero attached hydrogens (tertiary/aromatic N) is 1. The van der Waals surface area contributed by atoms with Crippen molar-refractivity contribution in [1.82, 2.24) is 9.97 Å². The van der Waals surface area contributed by atoms with Crippen molar-refractivity contribution in [3.63, 3.8) is 0 Å². The van der Waals surface area contributed by atoms with Crippen LogP contribution in [-0.2, 0) is 33.6 Å². The summed E-state index contributed by atoms with van der Waals surface area (Å²) in [7, 11) is 0. The number of carbonyl (C=O) groups is 2. The van der Waals surface area contributed by atoms with E-state index in [2.05, 4.69) is 16.9 Å². The van der Waals surface area contributed by atoms with Gasteiger partial charge in [0.15, 0.2) is 5.78 Å². The van der Waals surface area contributed by atoms with Crippen LogP contribution in [0.25, 0.3) is 10.2 Å². The van der Waals surface area contributed by atoms with Crippen LogP contribution in [0.3, 0.4) is 0 Å². The monoisotopic (exact) mass is 348 g/mol. The number of thiophene rings is 1. The first-order chi connectivity index (χ1) is 11.4. The molecule has 6 nitrogen and oxygen atoms in total. The fourth-order valence-electron chi connectivity index (χ4n) is 2.99. The maximum atomic E-state index is 12.4. The molecule has 0 fully saturated rings. The van der Waals surface area contributed by atoms with Crippen LogP contribution in [0.15, 0.2) is 4.79 Å². The molecule has 0 radical (unpaired) electrons. The second-order valence-corrected chi connectivity index (χ2v) is 7.49. The van der Waals surface area contributed by atoms with Gasteiger partial charge < -0.3 is 9.72 Å². The van der Waals surface area contributed by atoms with Gasteiger partial charge in [0, 0.05) is 11.3 Å². The molecule has 0 aromatic carbocycles. The summed E-state index contributed by atoms with van der Waals surface area (Å²) in [5.74, 6) is 0.459. The molecule has 1 aliphatic rings. The molecule has 128 valence electrons. The molecule has 1 aliphatic carbocycles. The van der Waals surface area contributed by atoms with E-state index in [1.165, 1.54) is 11.8 Å². The highest BCUT2D eigenvalue weighted by Crippen LogP contribution is 2.35. The number of nitrogens with one attached hydrogen (secondary N) is 1. The summed E-state index contributed by atoms with van der Waals surface area (Å²) in [5, 5.41) is 0.713. The summed E-state index contributed by atoms with van der Waals surface area (Å²) in [6.07, 6.45) is 3.41. The van der Waals surface area contributed by atoms with Crippen LogP contribution in [0.2, 0.25) is 0 Å². The molecule has 1 unspecified atom stereocenters. The quantitative estimate of drug-likeness (QED) is 0.837. The fourth-order valence-corrected chi connectivity index (χ4v) is 4.39. The number of aryl methyl sites for hydroxylation is 2. The second-order valence-electron chi connectivity index (χ2n) is 6.41. The van der Waals surface area contributed by atoms with Crippen LogP contribution < -0.4 is 5.56 Å². The predicted molar refractivity (Wildman–Crippen MR) is 91.4 cm³/mol. The van der Waals surface area contributed by atoms with E-state index >= 15 is 0 Å². The van der Waals surface area contributed by atoms with Crippen molar-refractivity contribution < 1.29 is 14.3 Å². The lowest BCUT2D eigenvalue weighted by molar-refractivity contribution is -0.147. The van der Waals surface area contributed by atoms with E-state index in [4.69, 9.17) is 4.74 Å². The summed E-state index contributed by atoms with van der Waals surface area (Å²) in [6.45, 7) is 3.38. The molecule has 2 aromatic heterocycles. The zero-order valence-corrected chi connectivity index (χ0v) is 14.6. The van der Waals surface area contributed by atoms with E-state index in [-0.39, 0.29) is 24.4 Å². The minimum absolute atomic E-state index is 0.0872. The number of aromatic nitrogens is 2. The minimum atomic E-state index is -0.466. The molecule has 0 amide bonds. The Morgan fingerprint density at radius 3 is 2.96 bits per heavy atom. The lowest BCUT2D eigenvalue weighted by atomic mass is 9.89. The standard InChI is InChI=1S/C17H20N2O4S/c1-9-3-4-11-12(7-9)24-17-15(11)16(22)18-13(19-17)5-6-14(21)23-8-10(2)20/h9H,3-8H2,1-2H3,(H,18,19,22). The molecule has 24 heavy (non-hydrogen) atoms. The number of hydrogen-bond donors (Lipinski definition) is 1. The fraction of sp³-hybridized carbons (Fsp3) is 0.529. The average molecular weight is 348 g/mol. The highest BCUT2D eigenvalue weighted by atomic mass is 32.1. The third kappa shape index (κ3) is 3.56. The first-order valence-corrected chi connectivity index (χ1v) is 8.94. The topological polar surface area (TPSA) is 89.1 Å². The van der Waals surface area contributed by atoms with Crippen LogP contribution in [0, 0.1) is 5.92 Å². The predicted octanol–water partition coefficient (Wildman–Crippen LogP) is 2.17. The molecule has 0 aliphatic heterocycles. The van der Waals surface area contributed by atoms with E-state index in [0.717, 1.165) is 29.7 Å². The van der Waals surface area contributed by atoms with Crippen LogP contribution in [0.4, 0.5) is 0 Å². The Morgan fingerprint density at radius 2 is 2.21 bits per heavy atom. The zero-order chi connectivity index (χ0) is 17.3.